The molecule has 0 heterocycles. The van der Waals surface area contributed by atoms with Crippen molar-refractivity contribution in [3.8, 4) is 11.5 Å². The zero-order chi connectivity index (χ0) is 25.7. The zero-order valence-electron chi connectivity index (χ0n) is 22.2. The quantitative estimate of drug-likeness (QED) is 0.371. The third-order valence-electron chi connectivity index (χ3n) is 4.78. The van der Waals surface area contributed by atoms with Gasteiger partial charge in [-0.3, -0.25) is 0 Å². The third-order valence-corrected chi connectivity index (χ3v) is 4.78. The van der Waals surface area contributed by atoms with Crippen LogP contribution in [0.25, 0.3) is 0 Å². The SMILES string of the molecule is CCOC(=O)[C@H](C)O[C@@H](C)c1ccc(O)cc1.CCOC(=O)[C@H](C)O[C@H](C)c1ccc(O)cc1.S.S.S. The van der Waals surface area contributed by atoms with Crippen LogP contribution < -0.4 is 0 Å². The predicted molar refractivity (Wildman–Crippen MR) is 159 cm³/mol. The van der Waals surface area contributed by atoms with Crippen LogP contribution in [0.5, 0.6) is 11.5 Å². The summed E-state index contributed by atoms with van der Waals surface area (Å²) in [6.45, 7) is 11.2. The monoisotopic (exact) mass is 578 g/mol. The maximum absolute atomic E-state index is 11.4. The Kier molecular flexibility index (Phi) is 22.3. The Morgan fingerprint density at radius 2 is 0.892 bits per heavy atom. The molecule has 0 fully saturated rings. The Morgan fingerprint density at radius 3 is 1.14 bits per heavy atom. The highest BCUT2D eigenvalue weighted by Gasteiger charge is 2.19. The van der Waals surface area contributed by atoms with Gasteiger partial charge in [-0.25, -0.2) is 9.59 Å². The maximum Gasteiger partial charge on any atom is 0.334 e. The summed E-state index contributed by atoms with van der Waals surface area (Å²) in [6, 6.07) is 13.4. The van der Waals surface area contributed by atoms with Gasteiger partial charge in [0.15, 0.2) is 12.2 Å². The molecule has 0 radical (unpaired) electrons. The van der Waals surface area contributed by atoms with Gasteiger partial charge in [0.1, 0.15) is 11.5 Å². The van der Waals surface area contributed by atoms with Gasteiger partial charge < -0.3 is 29.2 Å². The lowest BCUT2D eigenvalue weighted by Crippen LogP contribution is -2.24. The van der Waals surface area contributed by atoms with E-state index in [1.54, 1.807) is 76.2 Å². The molecule has 0 saturated carbocycles. The summed E-state index contributed by atoms with van der Waals surface area (Å²) < 4.78 is 20.8. The standard InChI is InChI=1S/2C13H18O4.3H2S/c2*1-4-16-13(15)10(3)17-9(2)11-5-7-12(14)8-6-11;;;/h2*5-10,14H,4H2,1-3H3;3*1H2/t9-,10+;9-,10-;;;/m10.../s1. The van der Waals surface area contributed by atoms with Crippen LogP contribution in [0.1, 0.15) is 64.9 Å². The fourth-order valence-electron chi connectivity index (χ4n) is 2.89. The molecule has 0 aromatic heterocycles. The average Bonchev–Trinajstić information content (AvgIpc) is 2.80. The smallest absolute Gasteiger partial charge is 0.334 e. The molecular formula is C26H42O8S3. The Hall–Kier alpha value is -2.05. The van der Waals surface area contributed by atoms with Gasteiger partial charge in [0.25, 0.3) is 0 Å². The molecule has 0 saturated heterocycles. The normalized spacial score (nSPS) is 12.9. The number of hydrogen-bond acceptors (Lipinski definition) is 8. The van der Waals surface area contributed by atoms with E-state index in [2.05, 4.69) is 0 Å². The van der Waals surface area contributed by atoms with Crippen molar-refractivity contribution < 1.29 is 38.7 Å². The van der Waals surface area contributed by atoms with Gasteiger partial charge >= 0.3 is 11.9 Å². The molecular weight excluding hydrogens is 536 g/mol. The minimum atomic E-state index is -0.598. The predicted octanol–water partition coefficient (Wildman–Crippen LogP) is 5.18. The summed E-state index contributed by atoms with van der Waals surface area (Å²) in [6.07, 6.45) is -1.65. The van der Waals surface area contributed by atoms with Crippen LogP contribution in [0.3, 0.4) is 0 Å². The lowest BCUT2D eigenvalue weighted by atomic mass is 10.1. The second kappa shape index (κ2) is 20.9. The molecule has 0 amide bonds. The third kappa shape index (κ3) is 15.1. The van der Waals surface area contributed by atoms with E-state index >= 15 is 0 Å². The van der Waals surface area contributed by atoms with Crippen molar-refractivity contribution in [2.24, 2.45) is 0 Å². The van der Waals surface area contributed by atoms with Crippen LogP contribution in [0.15, 0.2) is 48.5 Å². The van der Waals surface area contributed by atoms with Gasteiger partial charge in [0.2, 0.25) is 0 Å². The fraction of sp³-hybridized carbons (Fsp3) is 0.462. The summed E-state index contributed by atoms with van der Waals surface area (Å²) in [4.78, 5) is 22.8. The molecule has 212 valence electrons. The summed E-state index contributed by atoms with van der Waals surface area (Å²) in [7, 11) is 0. The van der Waals surface area contributed by atoms with Crippen LogP contribution >= 0.6 is 40.5 Å². The molecule has 0 spiro atoms. The van der Waals surface area contributed by atoms with E-state index in [0.717, 1.165) is 11.1 Å². The van der Waals surface area contributed by atoms with E-state index in [9.17, 15) is 9.59 Å². The first-order chi connectivity index (χ1) is 16.1. The summed E-state index contributed by atoms with van der Waals surface area (Å²) >= 11 is 0. The number of aromatic hydroxyl groups is 2. The number of phenolic OH excluding ortho intramolecular Hbond substituents is 2. The lowest BCUT2D eigenvalue weighted by Gasteiger charge is -2.18. The molecule has 4 atom stereocenters. The highest BCUT2D eigenvalue weighted by Crippen LogP contribution is 2.22. The summed E-state index contributed by atoms with van der Waals surface area (Å²) in [5, 5.41) is 18.3. The molecule has 2 aromatic carbocycles. The molecule has 0 unspecified atom stereocenters. The average molecular weight is 579 g/mol. The number of esters is 2. The largest absolute Gasteiger partial charge is 0.508 e. The van der Waals surface area contributed by atoms with Crippen molar-refractivity contribution in [2.45, 2.75) is 66.0 Å². The first-order valence-corrected chi connectivity index (χ1v) is 11.3. The van der Waals surface area contributed by atoms with Gasteiger partial charge in [-0.1, -0.05) is 24.3 Å². The Balaban J connectivity index is -0.000000578. The highest BCUT2D eigenvalue weighted by atomic mass is 32.1. The van der Waals surface area contributed by atoms with Gasteiger partial charge in [-0.05, 0) is 76.9 Å². The Labute approximate surface area is 241 Å². The topological polar surface area (TPSA) is 112 Å². The number of phenols is 2. The first-order valence-electron chi connectivity index (χ1n) is 11.3. The Bertz CT molecular complexity index is 805. The lowest BCUT2D eigenvalue weighted by molar-refractivity contribution is -0.159. The number of ether oxygens (including phenoxy) is 4. The molecule has 0 bridgehead atoms. The van der Waals surface area contributed by atoms with Crippen molar-refractivity contribution in [1.29, 1.82) is 0 Å². The van der Waals surface area contributed by atoms with E-state index in [1.165, 1.54) is 0 Å². The van der Waals surface area contributed by atoms with Crippen molar-refractivity contribution in [3.63, 3.8) is 0 Å². The van der Waals surface area contributed by atoms with Crippen LogP contribution in [-0.2, 0) is 28.5 Å². The first kappa shape index (κ1) is 39.5. The summed E-state index contributed by atoms with van der Waals surface area (Å²) in [5.74, 6) is -0.310. The minimum absolute atomic E-state index is 0. The van der Waals surface area contributed by atoms with Crippen molar-refractivity contribution in [2.75, 3.05) is 13.2 Å². The van der Waals surface area contributed by atoms with Gasteiger partial charge in [-0.2, -0.15) is 40.5 Å². The Morgan fingerprint density at radius 1 is 0.622 bits per heavy atom. The van der Waals surface area contributed by atoms with Crippen LogP contribution in [0.4, 0.5) is 0 Å². The van der Waals surface area contributed by atoms with E-state index in [1.807, 2.05) is 13.8 Å². The number of hydrogen-bond donors (Lipinski definition) is 2. The van der Waals surface area contributed by atoms with Crippen LogP contribution in [0.2, 0.25) is 0 Å². The van der Waals surface area contributed by atoms with E-state index in [4.69, 9.17) is 29.2 Å². The molecule has 8 nitrogen and oxygen atoms in total. The van der Waals surface area contributed by atoms with Gasteiger partial charge in [0, 0.05) is 0 Å². The molecule has 0 aliphatic heterocycles. The van der Waals surface area contributed by atoms with Crippen molar-refractivity contribution in [3.05, 3.63) is 59.7 Å². The molecule has 11 heteroatoms. The van der Waals surface area contributed by atoms with E-state index in [-0.39, 0.29) is 76.1 Å². The molecule has 0 aliphatic carbocycles. The molecule has 0 aliphatic rings. The summed E-state index contributed by atoms with van der Waals surface area (Å²) in [5.41, 5.74) is 1.80. The fourth-order valence-corrected chi connectivity index (χ4v) is 2.89. The molecule has 2 N–H and O–H groups in total. The molecule has 2 aromatic rings. The number of carbonyl (C=O) groups excluding carboxylic acids is 2. The number of benzene rings is 2. The molecule has 37 heavy (non-hydrogen) atoms. The molecule has 2 rings (SSSR count). The minimum Gasteiger partial charge on any atom is -0.508 e. The number of rotatable bonds is 10. The van der Waals surface area contributed by atoms with Gasteiger partial charge in [0.05, 0.1) is 25.4 Å². The van der Waals surface area contributed by atoms with Crippen LogP contribution in [-0.4, -0.2) is 47.6 Å². The van der Waals surface area contributed by atoms with Crippen molar-refractivity contribution in [1.82, 2.24) is 0 Å². The van der Waals surface area contributed by atoms with E-state index in [0.29, 0.717) is 13.2 Å². The second-order valence-corrected chi connectivity index (χ2v) is 7.53. The van der Waals surface area contributed by atoms with E-state index < -0.39 is 12.2 Å². The second-order valence-electron chi connectivity index (χ2n) is 7.53. The van der Waals surface area contributed by atoms with Crippen molar-refractivity contribution >= 4 is 52.4 Å². The number of carbonyl (C=O) groups is 2. The maximum atomic E-state index is 11.4. The van der Waals surface area contributed by atoms with Crippen LogP contribution in [0, 0.1) is 0 Å². The highest BCUT2D eigenvalue weighted by molar-refractivity contribution is 7.59. The van der Waals surface area contributed by atoms with Gasteiger partial charge in [-0.15, -0.1) is 0 Å². The zero-order valence-corrected chi connectivity index (χ0v) is 25.2.